The van der Waals surface area contributed by atoms with E-state index in [0.29, 0.717) is 11.0 Å². The van der Waals surface area contributed by atoms with Crippen molar-refractivity contribution in [3.63, 3.8) is 0 Å². The van der Waals surface area contributed by atoms with Crippen LogP contribution >= 0.6 is 0 Å². The van der Waals surface area contributed by atoms with Crippen molar-refractivity contribution in [1.82, 2.24) is 4.98 Å². The molecule has 5 nitrogen and oxygen atoms in total. The third-order valence-electron chi connectivity index (χ3n) is 3.69. The topological polar surface area (TPSA) is 76.9 Å². The van der Waals surface area contributed by atoms with Gasteiger partial charge in [0.15, 0.2) is 11.0 Å². The van der Waals surface area contributed by atoms with Crippen LogP contribution in [0, 0.1) is 5.92 Å². The van der Waals surface area contributed by atoms with E-state index in [9.17, 15) is 26.1 Å². The van der Waals surface area contributed by atoms with E-state index in [1.165, 1.54) is 17.0 Å². The Morgan fingerprint density at radius 1 is 1.32 bits per heavy atom. The average molecular weight is 336 g/mol. The Morgan fingerprint density at radius 3 is 2.50 bits per heavy atom. The van der Waals surface area contributed by atoms with Crippen molar-refractivity contribution in [1.29, 1.82) is 0 Å². The molecule has 0 bridgehead atoms. The lowest BCUT2D eigenvalue weighted by Crippen LogP contribution is -2.41. The number of fused-ring (bicyclic) bond motifs is 1. The summed E-state index contributed by atoms with van der Waals surface area (Å²) in [6, 6.07) is 2.83. The first-order valence-corrected chi connectivity index (χ1v) is 8.10. The zero-order chi connectivity index (χ0) is 16.7. The number of halogens is 3. The Bertz CT molecular complexity index is 783. The molecule has 0 amide bonds. The second-order valence-electron chi connectivity index (χ2n) is 5.35. The summed E-state index contributed by atoms with van der Waals surface area (Å²) < 4.78 is 72.4. The normalized spacial score (nSPS) is 15.9. The van der Waals surface area contributed by atoms with Gasteiger partial charge in [0.05, 0.1) is 15.7 Å². The molecule has 9 heteroatoms. The number of benzene rings is 1. The number of aromatic amines is 1. The third-order valence-corrected chi connectivity index (χ3v) is 4.63. The van der Waals surface area contributed by atoms with E-state index in [0.717, 1.165) is 12.1 Å². The van der Waals surface area contributed by atoms with Crippen molar-refractivity contribution < 1.29 is 30.7 Å². The molecule has 2 aromatic rings. The Labute approximate surface area is 125 Å². The van der Waals surface area contributed by atoms with Crippen LogP contribution in [0.15, 0.2) is 24.5 Å². The van der Waals surface area contributed by atoms with Gasteiger partial charge in [-0.25, -0.2) is 18.0 Å². The fraction of sp³-hybridized carbons (Fsp3) is 0.462. The molecule has 0 aliphatic rings. The second kappa shape index (κ2) is 5.54. The van der Waals surface area contributed by atoms with Gasteiger partial charge in [-0.3, -0.25) is 0 Å². The predicted octanol–water partition coefficient (Wildman–Crippen LogP) is 2.22. The van der Waals surface area contributed by atoms with Gasteiger partial charge in [-0.2, -0.15) is 13.2 Å². The van der Waals surface area contributed by atoms with Crippen LogP contribution in [-0.4, -0.2) is 23.7 Å². The Kier molecular flexibility index (Phi) is 4.22. The van der Waals surface area contributed by atoms with Gasteiger partial charge in [0.2, 0.25) is 6.33 Å². The van der Waals surface area contributed by atoms with E-state index in [2.05, 4.69) is 4.98 Å². The minimum Gasteiger partial charge on any atom is -0.748 e. The molecule has 2 atom stereocenters. The van der Waals surface area contributed by atoms with E-state index in [1.807, 2.05) is 0 Å². The van der Waals surface area contributed by atoms with Crippen LogP contribution in [0.2, 0.25) is 0 Å². The summed E-state index contributed by atoms with van der Waals surface area (Å²) in [6.45, 7) is 3.23. The van der Waals surface area contributed by atoms with Crippen LogP contribution in [0.3, 0.4) is 0 Å². The zero-order valence-corrected chi connectivity index (χ0v) is 12.7. The lowest BCUT2D eigenvalue weighted by atomic mass is 10.1. The van der Waals surface area contributed by atoms with E-state index < -0.39 is 39.6 Å². The van der Waals surface area contributed by atoms with Crippen molar-refractivity contribution in [2.45, 2.75) is 26.1 Å². The standard InChI is InChI=1S/C13H15F3N2O3S/c1-8(6-22(19,20)21)9(2)18-7-17-11-4-3-10(5-12(11)18)13(14,15)16/h3-5,7-9H,6H2,1-2H3,(H,19,20,21). The molecule has 1 aromatic carbocycles. The van der Waals surface area contributed by atoms with Gasteiger partial charge in [-0.15, -0.1) is 0 Å². The highest BCUT2D eigenvalue weighted by molar-refractivity contribution is 7.85. The fourth-order valence-corrected chi connectivity index (χ4v) is 3.25. The predicted molar refractivity (Wildman–Crippen MR) is 71.9 cm³/mol. The maximum atomic E-state index is 12.8. The van der Waals surface area contributed by atoms with Crippen LogP contribution in [0.4, 0.5) is 13.2 Å². The van der Waals surface area contributed by atoms with Crippen molar-refractivity contribution in [3.8, 4) is 0 Å². The minimum atomic E-state index is -4.46. The van der Waals surface area contributed by atoms with Gasteiger partial charge in [-0.05, 0) is 19.1 Å². The molecule has 22 heavy (non-hydrogen) atoms. The van der Waals surface area contributed by atoms with Crippen LogP contribution < -0.4 is 4.57 Å². The highest BCUT2D eigenvalue weighted by Gasteiger charge is 2.32. The first-order chi connectivity index (χ1) is 9.99. The number of rotatable bonds is 4. The summed E-state index contributed by atoms with van der Waals surface area (Å²) in [5.41, 5.74) is 0.0131. The summed E-state index contributed by atoms with van der Waals surface area (Å²) >= 11 is 0. The number of hydrogen-bond donors (Lipinski definition) is 1. The molecule has 0 aliphatic heterocycles. The maximum Gasteiger partial charge on any atom is 0.416 e. The van der Waals surface area contributed by atoms with Crippen LogP contribution in [0.1, 0.15) is 25.5 Å². The molecule has 122 valence electrons. The first kappa shape index (κ1) is 16.8. The summed E-state index contributed by atoms with van der Waals surface area (Å²) in [7, 11) is -4.40. The number of nitrogens with zero attached hydrogens (tertiary/aromatic N) is 1. The molecule has 0 saturated heterocycles. The highest BCUT2D eigenvalue weighted by atomic mass is 32.2. The van der Waals surface area contributed by atoms with Gasteiger partial charge in [0.1, 0.15) is 6.04 Å². The lowest BCUT2D eigenvalue weighted by molar-refractivity contribution is -0.701. The quantitative estimate of drug-likeness (QED) is 0.687. The van der Waals surface area contributed by atoms with Crippen LogP contribution in [0.25, 0.3) is 11.0 Å². The van der Waals surface area contributed by atoms with Gasteiger partial charge in [0.25, 0.3) is 0 Å². The zero-order valence-electron chi connectivity index (χ0n) is 11.9. The van der Waals surface area contributed by atoms with Gasteiger partial charge in [0, 0.05) is 17.7 Å². The number of H-pyrrole nitrogens is 1. The summed E-state index contributed by atoms with van der Waals surface area (Å²) in [5.74, 6) is -1.12. The van der Waals surface area contributed by atoms with Crippen LogP contribution in [-0.2, 0) is 16.3 Å². The maximum absolute atomic E-state index is 12.8. The molecule has 1 aromatic heterocycles. The molecular weight excluding hydrogens is 321 g/mol. The molecule has 2 unspecified atom stereocenters. The molecular formula is C13H15F3N2O3S. The molecule has 0 radical (unpaired) electrons. The monoisotopic (exact) mass is 336 g/mol. The molecule has 0 aliphatic carbocycles. The minimum absolute atomic E-state index is 0.303. The van der Waals surface area contributed by atoms with Gasteiger partial charge >= 0.3 is 6.18 Å². The SMILES string of the molecule is CC(CS(=O)(=O)[O-])C(C)[n+]1c[nH]c2ccc(C(F)(F)F)cc21. The molecule has 2 rings (SSSR count). The van der Waals surface area contributed by atoms with Crippen molar-refractivity contribution in [2.24, 2.45) is 5.92 Å². The summed E-state index contributed by atoms with van der Waals surface area (Å²) in [6.07, 6.45) is -2.99. The fourth-order valence-electron chi connectivity index (χ4n) is 2.32. The van der Waals surface area contributed by atoms with E-state index >= 15 is 0 Å². The van der Waals surface area contributed by atoms with Gasteiger partial charge in [-0.1, -0.05) is 6.92 Å². The Hall–Kier alpha value is -1.61. The lowest BCUT2D eigenvalue weighted by Gasteiger charge is -2.19. The number of nitrogens with one attached hydrogen (secondary N) is 1. The number of alkyl halides is 3. The summed E-state index contributed by atoms with van der Waals surface area (Å²) in [4.78, 5) is 2.83. The van der Waals surface area contributed by atoms with Crippen molar-refractivity contribution in [3.05, 3.63) is 30.1 Å². The molecule has 1 N–H and O–H groups in total. The molecule has 0 spiro atoms. The second-order valence-corrected chi connectivity index (χ2v) is 6.80. The Morgan fingerprint density at radius 2 is 1.95 bits per heavy atom. The van der Waals surface area contributed by atoms with Crippen molar-refractivity contribution in [2.75, 3.05) is 5.75 Å². The number of aromatic nitrogens is 2. The van der Waals surface area contributed by atoms with E-state index in [-0.39, 0.29) is 0 Å². The van der Waals surface area contributed by atoms with E-state index in [1.54, 1.807) is 13.8 Å². The summed E-state index contributed by atoms with van der Waals surface area (Å²) in [5, 5.41) is 0. The van der Waals surface area contributed by atoms with Gasteiger partial charge < -0.3 is 4.55 Å². The third kappa shape index (κ3) is 3.58. The molecule has 0 fully saturated rings. The molecule has 0 saturated carbocycles. The largest absolute Gasteiger partial charge is 0.748 e. The number of hydrogen-bond acceptors (Lipinski definition) is 3. The molecule has 1 heterocycles. The van der Waals surface area contributed by atoms with E-state index in [4.69, 9.17) is 0 Å². The van der Waals surface area contributed by atoms with Crippen molar-refractivity contribution >= 4 is 21.2 Å². The smallest absolute Gasteiger partial charge is 0.416 e. The van der Waals surface area contributed by atoms with Crippen LogP contribution in [0.5, 0.6) is 0 Å². The number of imidazole rings is 1. The highest BCUT2D eigenvalue weighted by Crippen LogP contribution is 2.30. The average Bonchev–Trinajstić information content (AvgIpc) is 2.77. The first-order valence-electron chi connectivity index (χ1n) is 6.52. The Balaban J connectivity index is 2.43.